The van der Waals surface area contributed by atoms with Gasteiger partial charge in [-0.05, 0) is 41.5 Å². The largest absolute Gasteiger partial charge is 0.0838 e. The van der Waals surface area contributed by atoms with E-state index in [0.29, 0.717) is 0 Å². The Bertz CT molecular complexity index is 408. The van der Waals surface area contributed by atoms with Gasteiger partial charge >= 0.3 is 0 Å². The maximum Gasteiger partial charge on any atom is -0.00852 e. The van der Waals surface area contributed by atoms with E-state index >= 15 is 0 Å². The summed E-state index contributed by atoms with van der Waals surface area (Å²) in [7, 11) is 0. The number of rotatable bonds is 0. The molecule has 1 aromatic rings. The van der Waals surface area contributed by atoms with Crippen molar-refractivity contribution in [1.82, 2.24) is 0 Å². The van der Waals surface area contributed by atoms with Crippen LogP contribution in [0.5, 0.6) is 0 Å². The second kappa shape index (κ2) is 2.59. The Morgan fingerprint density at radius 3 is 2.62 bits per heavy atom. The lowest BCUT2D eigenvalue weighted by molar-refractivity contribution is 1.05. The third-order valence-corrected chi connectivity index (χ3v) is 3.01. The van der Waals surface area contributed by atoms with Crippen LogP contribution in [0, 0.1) is 0 Å². The highest BCUT2D eigenvalue weighted by molar-refractivity contribution is 5.64. The molecule has 0 unspecified atom stereocenters. The molecule has 0 fully saturated rings. The average Bonchev–Trinajstić information content (AvgIpc) is 2.65. The summed E-state index contributed by atoms with van der Waals surface area (Å²) in [6.07, 6.45) is 12.5. The molecule has 0 N–H and O–H groups in total. The summed E-state index contributed by atoms with van der Waals surface area (Å²) < 4.78 is 0. The van der Waals surface area contributed by atoms with E-state index in [1.165, 1.54) is 11.1 Å². The quantitative estimate of drug-likeness (QED) is 0.522. The van der Waals surface area contributed by atoms with Crippen LogP contribution in [0.2, 0.25) is 0 Å². The maximum atomic E-state index is 2.29. The van der Waals surface area contributed by atoms with Crippen LogP contribution in [0.3, 0.4) is 0 Å². The lowest BCUT2D eigenvalue weighted by Crippen LogP contribution is -2.02. The van der Waals surface area contributed by atoms with Gasteiger partial charge < -0.3 is 0 Å². The summed E-state index contributed by atoms with van der Waals surface area (Å²) >= 11 is 0. The first-order valence-electron chi connectivity index (χ1n) is 4.90. The minimum Gasteiger partial charge on any atom is -0.0838 e. The molecule has 0 aliphatic heterocycles. The van der Waals surface area contributed by atoms with E-state index in [1.807, 2.05) is 0 Å². The molecule has 64 valence electrons. The van der Waals surface area contributed by atoms with Gasteiger partial charge in [0.1, 0.15) is 0 Å². The Hall–Kier alpha value is -1.30. The van der Waals surface area contributed by atoms with Crippen LogP contribution < -0.4 is 0 Å². The van der Waals surface area contributed by atoms with Crippen molar-refractivity contribution < 1.29 is 0 Å². The molecule has 0 aromatic heterocycles. The van der Waals surface area contributed by atoms with Gasteiger partial charge in [-0.3, -0.25) is 0 Å². The summed E-state index contributed by atoms with van der Waals surface area (Å²) in [6.45, 7) is 0. The highest BCUT2D eigenvalue weighted by atomic mass is 14.2. The second-order valence-electron chi connectivity index (χ2n) is 3.76. The smallest absolute Gasteiger partial charge is 0.00852 e. The molecule has 0 atom stereocenters. The van der Waals surface area contributed by atoms with Crippen LogP contribution in [0.4, 0.5) is 0 Å². The Kier molecular flexibility index (Phi) is 1.42. The first-order valence-corrected chi connectivity index (χ1v) is 4.90. The molecule has 2 aliphatic rings. The van der Waals surface area contributed by atoms with Crippen molar-refractivity contribution in [1.29, 1.82) is 0 Å². The normalized spacial score (nSPS) is 17.2. The number of fused-ring (bicyclic) bond motifs is 3. The number of benzene rings is 1. The molecule has 0 saturated heterocycles. The van der Waals surface area contributed by atoms with E-state index in [1.54, 1.807) is 11.1 Å². The molecule has 0 saturated carbocycles. The van der Waals surface area contributed by atoms with Crippen molar-refractivity contribution in [2.24, 2.45) is 0 Å². The maximum absolute atomic E-state index is 2.29. The van der Waals surface area contributed by atoms with Crippen molar-refractivity contribution in [3.63, 3.8) is 0 Å². The molecule has 0 amide bonds. The van der Waals surface area contributed by atoms with Crippen LogP contribution in [0.1, 0.15) is 22.3 Å². The van der Waals surface area contributed by atoms with E-state index in [-0.39, 0.29) is 0 Å². The van der Waals surface area contributed by atoms with Crippen molar-refractivity contribution in [2.75, 3.05) is 0 Å². The molecular formula is C13H12. The Labute approximate surface area is 78.6 Å². The lowest BCUT2D eigenvalue weighted by Gasteiger charge is -2.15. The van der Waals surface area contributed by atoms with E-state index in [4.69, 9.17) is 0 Å². The summed E-state index contributed by atoms with van der Waals surface area (Å²) in [5, 5.41) is 0. The molecular weight excluding hydrogens is 156 g/mol. The van der Waals surface area contributed by atoms with Gasteiger partial charge in [0.05, 0.1) is 0 Å². The molecule has 0 radical (unpaired) electrons. The van der Waals surface area contributed by atoms with Crippen LogP contribution in [-0.4, -0.2) is 0 Å². The Balaban J connectivity index is 2.22. The van der Waals surface area contributed by atoms with E-state index in [9.17, 15) is 0 Å². The molecule has 1 aromatic carbocycles. The molecule has 13 heavy (non-hydrogen) atoms. The third kappa shape index (κ3) is 0.983. The zero-order valence-electron chi connectivity index (χ0n) is 7.59. The topological polar surface area (TPSA) is 0 Å². The van der Waals surface area contributed by atoms with Gasteiger partial charge in [0.2, 0.25) is 0 Å². The highest BCUT2D eigenvalue weighted by Gasteiger charge is 2.14. The fourth-order valence-electron chi connectivity index (χ4n) is 2.32. The molecule has 3 rings (SSSR count). The zero-order valence-corrected chi connectivity index (χ0v) is 7.59. The molecule has 0 heterocycles. The fraction of sp³-hybridized carbons (Fsp3) is 0.231. The standard InChI is InChI=1S/C13H12/c1-2-6-12-10(4-1)8-9-11-5-3-7-13(11)12/h1-3,5,8-9H,4,6-7H2. The lowest BCUT2D eigenvalue weighted by atomic mass is 9.90. The minimum atomic E-state index is 1.13. The molecule has 0 bridgehead atoms. The number of hydrogen-bond donors (Lipinski definition) is 0. The number of allylic oxidation sites excluding steroid dienone is 3. The average molecular weight is 168 g/mol. The van der Waals surface area contributed by atoms with E-state index in [0.717, 1.165) is 19.3 Å². The summed E-state index contributed by atoms with van der Waals surface area (Å²) in [5.41, 5.74) is 6.13. The highest BCUT2D eigenvalue weighted by Crippen LogP contribution is 2.28. The van der Waals surface area contributed by atoms with Crippen LogP contribution in [0.15, 0.2) is 30.4 Å². The van der Waals surface area contributed by atoms with Crippen molar-refractivity contribution in [2.45, 2.75) is 19.3 Å². The van der Waals surface area contributed by atoms with Gasteiger partial charge in [0, 0.05) is 0 Å². The summed E-state index contributed by atoms with van der Waals surface area (Å²) in [4.78, 5) is 0. The van der Waals surface area contributed by atoms with E-state index in [2.05, 4.69) is 36.4 Å². The minimum absolute atomic E-state index is 1.13. The molecule has 0 spiro atoms. The predicted molar refractivity (Wildman–Crippen MR) is 55.7 cm³/mol. The zero-order chi connectivity index (χ0) is 8.67. The predicted octanol–water partition coefficient (Wildman–Crippen LogP) is 2.91. The van der Waals surface area contributed by atoms with Gasteiger partial charge in [-0.1, -0.05) is 36.4 Å². The van der Waals surface area contributed by atoms with Crippen LogP contribution in [-0.2, 0) is 19.3 Å². The molecule has 0 heteroatoms. The van der Waals surface area contributed by atoms with Crippen molar-refractivity contribution >= 4 is 6.08 Å². The van der Waals surface area contributed by atoms with Gasteiger partial charge in [-0.15, -0.1) is 0 Å². The van der Waals surface area contributed by atoms with Gasteiger partial charge in [0.15, 0.2) is 0 Å². The monoisotopic (exact) mass is 168 g/mol. The van der Waals surface area contributed by atoms with E-state index < -0.39 is 0 Å². The third-order valence-electron chi connectivity index (χ3n) is 3.01. The van der Waals surface area contributed by atoms with Crippen molar-refractivity contribution in [3.05, 3.63) is 52.6 Å². The Morgan fingerprint density at radius 1 is 0.769 bits per heavy atom. The summed E-state index contributed by atoms with van der Waals surface area (Å²) in [5.74, 6) is 0. The first-order chi connectivity index (χ1) is 6.45. The molecule has 2 aliphatic carbocycles. The number of hydrogen-bond acceptors (Lipinski definition) is 0. The first kappa shape index (κ1) is 7.14. The van der Waals surface area contributed by atoms with Crippen molar-refractivity contribution in [3.8, 4) is 0 Å². The molecule has 0 nitrogen and oxygen atoms in total. The van der Waals surface area contributed by atoms with Gasteiger partial charge in [-0.2, -0.15) is 0 Å². The SMILES string of the molecule is C1=CCc2c(ccc3c2CC=C3)C1. The fourth-order valence-corrected chi connectivity index (χ4v) is 2.32. The second-order valence-corrected chi connectivity index (χ2v) is 3.76. The Morgan fingerprint density at radius 2 is 1.62 bits per heavy atom. The van der Waals surface area contributed by atoms with Crippen LogP contribution in [0.25, 0.3) is 6.08 Å². The van der Waals surface area contributed by atoms with Crippen LogP contribution >= 0.6 is 0 Å². The summed E-state index contributed by atoms with van der Waals surface area (Å²) in [6, 6.07) is 4.55. The van der Waals surface area contributed by atoms with Gasteiger partial charge in [0.25, 0.3) is 0 Å². The van der Waals surface area contributed by atoms with Gasteiger partial charge in [-0.25, -0.2) is 0 Å².